The largest absolute Gasteiger partial charge is 0.354 e. The van der Waals surface area contributed by atoms with Crippen LogP contribution in [0.1, 0.15) is 18.1 Å². The number of guanidine groups is 1. The van der Waals surface area contributed by atoms with E-state index in [1.165, 1.54) is 11.1 Å². The first-order valence-electron chi connectivity index (χ1n) is 9.15. The summed E-state index contributed by atoms with van der Waals surface area (Å²) in [7, 11) is 4.13. The Morgan fingerprint density at radius 3 is 2.41 bits per heavy atom. The van der Waals surface area contributed by atoms with Crippen molar-refractivity contribution in [1.82, 2.24) is 20.5 Å². The van der Waals surface area contributed by atoms with Gasteiger partial charge >= 0.3 is 0 Å². The minimum absolute atomic E-state index is 0.138. The third-order valence-electron chi connectivity index (χ3n) is 4.39. The molecule has 1 heterocycles. The van der Waals surface area contributed by atoms with Crippen molar-refractivity contribution in [2.75, 3.05) is 20.6 Å². The van der Waals surface area contributed by atoms with Crippen LogP contribution in [0.15, 0.2) is 59.9 Å². The lowest BCUT2D eigenvalue weighted by atomic mass is 10.1. The Balaban J connectivity index is 1.92. The number of aliphatic imine (C=N–C) groups is 1. The van der Waals surface area contributed by atoms with Crippen molar-refractivity contribution in [3.05, 3.63) is 66.0 Å². The predicted octanol–water partition coefficient (Wildman–Crippen LogP) is 2.20. The van der Waals surface area contributed by atoms with Gasteiger partial charge in [-0.25, -0.2) is 0 Å². The Labute approximate surface area is 162 Å². The summed E-state index contributed by atoms with van der Waals surface area (Å²) in [5.41, 5.74) is 2.48. The first kappa shape index (κ1) is 20.4. The molecule has 0 aliphatic heterocycles. The van der Waals surface area contributed by atoms with E-state index in [0.717, 1.165) is 12.8 Å². The van der Waals surface area contributed by atoms with Crippen LogP contribution >= 0.6 is 0 Å². The first-order valence-corrected chi connectivity index (χ1v) is 9.15. The molecule has 0 amide bonds. The van der Waals surface area contributed by atoms with E-state index < -0.39 is 0 Å². The molecule has 0 saturated heterocycles. The molecule has 1 aromatic heterocycles. The molecule has 2 N–H and O–H groups in total. The molecule has 0 spiro atoms. The molecule has 0 aliphatic carbocycles. The van der Waals surface area contributed by atoms with Gasteiger partial charge in [0.25, 0.3) is 0 Å². The van der Waals surface area contributed by atoms with E-state index in [9.17, 15) is 0 Å². The van der Waals surface area contributed by atoms with E-state index in [0.29, 0.717) is 12.5 Å². The topological polar surface area (TPSA) is 76.3 Å². The molecule has 0 bridgehead atoms. The SMILES string of the molecule is CC(Cc1ccncc1)N/C(=N\C#N)NCC(Cc1ccccc1)N(C)C. The van der Waals surface area contributed by atoms with Gasteiger partial charge in [0.2, 0.25) is 12.2 Å². The van der Waals surface area contributed by atoms with E-state index in [1.54, 1.807) is 12.4 Å². The lowest BCUT2D eigenvalue weighted by Gasteiger charge is -2.26. The van der Waals surface area contributed by atoms with E-state index in [2.05, 4.69) is 70.8 Å². The second kappa shape index (κ2) is 10.9. The van der Waals surface area contributed by atoms with Gasteiger partial charge in [-0.3, -0.25) is 4.98 Å². The predicted molar refractivity (Wildman–Crippen MR) is 109 cm³/mol. The zero-order valence-electron chi connectivity index (χ0n) is 16.3. The number of rotatable bonds is 8. The van der Waals surface area contributed by atoms with Gasteiger partial charge in [-0.15, -0.1) is 4.99 Å². The lowest BCUT2D eigenvalue weighted by molar-refractivity contribution is 0.290. The molecule has 6 nitrogen and oxygen atoms in total. The number of pyridine rings is 1. The highest BCUT2D eigenvalue weighted by Gasteiger charge is 2.14. The molecule has 0 saturated carbocycles. The Morgan fingerprint density at radius 1 is 1.11 bits per heavy atom. The van der Waals surface area contributed by atoms with Gasteiger partial charge in [-0.05, 0) is 57.1 Å². The van der Waals surface area contributed by atoms with Crippen LogP contribution in [0, 0.1) is 11.5 Å². The lowest BCUT2D eigenvalue weighted by Crippen LogP contribution is -2.48. The summed E-state index contributed by atoms with van der Waals surface area (Å²) in [4.78, 5) is 10.1. The molecule has 1 aromatic carbocycles. The highest BCUT2D eigenvalue weighted by Crippen LogP contribution is 2.06. The van der Waals surface area contributed by atoms with Crippen molar-refractivity contribution >= 4 is 5.96 Å². The van der Waals surface area contributed by atoms with Crippen molar-refractivity contribution < 1.29 is 0 Å². The Bertz CT molecular complexity index is 736. The molecule has 6 heteroatoms. The quantitative estimate of drug-likeness (QED) is 0.427. The van der Waals surface area contributed by atoms with Crippen LogP contribution in [0.4, 0.5) is 0 Å². The van der Waals surface area contributed by atoms with Crippen LogP contribution in [0.25, 0.3) is 0 Å². The van der Waals surface area contributed by atoms with Crippen LogP contribution in [0.5, 0.6) is 0 Å². The zero-order chi connectivity index (χ0) is 19.5. The molecule has 2 aromatic rings. The van der Waals surface area contributed by atoms with Gasteiger partial charge in [0.1, 0.15) is 0 Å². The molecule has 2 atom stereocenters. The molecule has 0 fully saturated rings. The number of nitriles is 1. The maximum absolute atomic E-state index is 9.01. The van der Waals surface area contributed by atoms with Gasteiger partial charge in [0.15, 0.2) is 0 Å². The van der Waals surface area contributed by atoms with E-state index >= 15 is 0 Å². The summed E-state index contributed by atoms with van der Waals surface area (Å²) >= 11 is 0. The second-order valence-corrected chi connectivity index (χ2v) is 6.85. The Hall–Kier alpha value is -2.91. The monoisotopic (exact) mass is 364 g/mol. The molecule has 0 radical (unpaired) electrons. The number of aromatic nitrogens is 1. The molecular formula is C21H28N6. The van der Waals surface area contributed by atoms with E-state index in [4.69, 9.17) is 5.26 Å². The number of nitrogens with one attached hydrogen (secondary N) is 2. The van der Waals surface area contributed by atoms with E-state index in [1.807, 2.05) is 24.4 Å². The average molecular weight is 364 g/mol. The Morgan fingerprint density at radius 2 is 1.78 bits per heavy atom. The molecule has 0 aliphatic rings. The van der Waals surface area contributed by atoms with Gasteiger partial charge < -0.3 is 15.5 Å². The second-order valence-electron chi connectivity index (χ2n) is 6.85. The van der Waals surface area contributed by atoms with Crippen molar-refractivity contribution in [2.24, 2.45) is 4.99 Å². The van der Waals surface area contributed by atoms with Crippen molar-refractivity contribution in [2.45, 2.75) is 31.8 Å². The summed E-state index contributed by atoms with van der Waals surface area (Å²) in [6.07, 6.45) is 7.21. The number of nitrogens with zero attached hydrogens (tertiary/aromatic N) is 4. The van der Waals surface area contributed by atoms with Gasteiger partial charge in [0, 0.05) is 31.0 Å². The summed E-state index contributed by atoms with van der Waals surface area (Å²) in [5.74, 6) is 0.513. The fourth-order valence-corrected chi connectivity index (χ4v) is 2.87. The smallest absolute Gasteiger partial charge is 0.209 e. The minimum atomic E-state index is 0.138. The highest BCUT2D eigenvalue weighted by molar-refractivity contribution is 5.81. The third-order valence-corrected chi connectivity index (χ3v) is 4.39. The molecular weight excluding hydrogens is 336 g/mol. The number of benzene rings is 1. The van der Waals surface area contributed by atoms with Crippen LogP contribution in [0.3, 0.4) is 0 Å². The highest BCUT2D eigenvalue weighted by atomic mass is 15.2. The Kier molecular flexibility index (Phi) is 8.27. The zero-order valence-corrected chi connectivity index (χ0v) is 16.3. The summed E-state index contributed by atoms with van der Waals surface area (Å²) in [6.45, 7) is 2.76. The normalized spacial score (nSPS) is 13.7. The van der Waals surface area contributed by atoms with Crippen molar-refractivity contribution in [3.63, 3.8) is 0 Å². The van der Waals surface area contributed by atoms with Gasteiger partial charge in [-0.1, -0.05) is 30.3 Å². The van der Waals surface area contributed by atoms with Crippen LogP contribution in [0.2, 0.25) is 0 Å². The fraction of sp³-hybridized carbons (Fsp3) is 0.381. The first-order chi connectivity index (χ1) is 13.1. The maximum atomic E-state index is 9.01. The molecule has 2 unspecified atom stereocenters. The fourth-order valence-electron chi connectivity index (χ4n) is 2.87. The average Bonchev–Trinajstić information content (AvgIpc) is 2.66. The molecule has 142 valence electrons. The van der Waals surface area contributed by atoms with Crippen LogP contribution in [-0.4, -0.2) is 48.6 Å². The van der Waals surface area contributed by atoms with E-state index in [-0.39, 0.29) is 12.1 Å². The number of hydrogen-bond acceptors (Lipinski definition) is 4. The van der Waals surface area contributed by atoms with Crippen LogP contribution in [-0.2, 0) is 12.8 Å². The number of likely N-dealkylation sites (N-methyl/N-ethyl adjacent to an activating group) is 1. The summed E-state index contributed by atoms with van der Waals surface area (Å²) < 4.78 is 0. The van der Waals surface area contributed by atoms with Gasteiger partial charge in [0.05, 0.1) is 0 Å². The standard InChI is InChI=1S/C21H28N6/c1-17(13-19-9-11-23-12-10-19)26-21(25-16-22)24-15-20(27(2)3)14-18-7-5-4-6-8-18/h4-12,17,20H,13-15H2,1-3H3,(H2,24,25,26). The van der Waals surface area contributed by atoms with Crippen molar-refractivity contribution in [3.8, 4) is 6.19 Å². The van der Waals surface area contributed by atoms with Gasteiger partial charge in [-0.2, -0.15) is 5.26 Å². The maximum Gasteiger partial charge on any atom is 0.209 e. The van der Waals surface area contributed by atoms with Crippen LogP contribution < -0.4 is 10.6 Å². The summed E-state index contributed by atoms with van der Waals surface area (Å²) in [5, 5.41) is 15.6. The molecule has 27 heavy (non-hydrogen) atoms. The summed E-state index contributed by atoms with van der Waals surface area (Å²) in [6, 6.07) is 14.8. The van der Waals surface area contributed by atoms with Crippen molar-refractivity contribution in [1.29, 1.82) is 5.26 Å². The molecule has 2 rings (SSSR count). The minimum Gasteiger partial charge on any atom is -0.354 e. The number of hydrogen-bond donors (Lipinski definition) is 2. The third kappa shape index (κ3) is 7.47.